The normalized spacial score (nSPS) is 18.4. The largest absolute Gasteiger partial charge is 0.0620 e. The van der Waals surface area contributed by atoms with Crippen LogP contribution in [0.1, 0.15) is 56.1 Å². The Kier molecular flexibility index (Phi) is 3.23. The molecule has 0 N–H and O–H groups in total. The molecule has 0 unspecified atom stereocenters. The van der Waals surface area contributed by atoms with E-state index < -0.39 is 0 Å². The minimum Gasteiger partial charge on any atom is -0.0620 e. The summed E-state index contributed by atoms with van der Waals surface area (Å²) >= 11 is 0. The molecule has 2 rings (SSSR count). The second-order valence-corrected chi connectivity index (χ2v) is 4.25. The van der Waals surface area contributed by atoms with Crippen molar-refractivity contribution in [2.24, 2.45) is 0 Å². The zero-order chi connectivity index (χ0) is 9.80. The molecule has 1 aliphatic carbocycles. The Morgan fingerprint density at radius 1 is 1.07 bits per heavy atom. The molecule has 1 radical (unpaired) electrons. The standard InChI is InChI=1S/C14H19/c1-2-12-8-6-7-11-14(12)13-9-4-3-5-10-13/h2,6-8,11,13H,3-5,9-10H2,1H3. The van der Waals surface area contributed by atoms with Gasteiger partial charge in [0.2, 0.25) is 0 Å². The first-order valence-corrected chi connectivity index (χ1v) is 5.80. The van der Waals surface area contributed by atoms with Crippen molar-refractivity contribution in [3.05, 3.63) is 41.8 Å². The highest BCUT2D eigenvalue weighted by atomic mass is 14.2. The lowest BCUT2D eigenvalue weighted by Gasteiger charge is -2.23. The van der Waals surface area contributed by atoms with Gasteiger partial charge in [0.15, 0.2) is 0 Å². The lowest BCUT2D eigenvalue weighted by atomic mass is 9.82. The van der Waals surface area contributed by atoms with Crippen LogP contribution < -0.4 is 0 Å². The van der Waals surface area contributed by atoms with Gasteiger partial charge in [0.05, 0.1) is 0 Å². The second-order valence-electron chi connectivity index (χ2n) is 4.25. The van der Waals surface area contributed by atoms with Crippen LogP contribution in [0.5, 0.6) is 0 Å². The molecule has 75 valence electrons. The van der Waals surface area contributed by atoms with Crippen LogP contribution in [0.25, 0.3) is 0 Å². The molecular weight excluding hydrogens is 168 g/mol. The van der Waals surface area contributed by atoms with Crippen molar-refractivity contribution in [2.75, 3.05) is 0 Å². The maximum atomic E-state index is 2.31. The molecule has 1 aliphatic rings. The third-order valence-electron chi connectivity index (χ3n) is 3.35. The molecule has 0 atom stereocenters. The monoisotopic (exact) mass is 187 g/mol. The Bertz CT molecular complexity index is 282. The van der Waals surface area contributed by atoms with Crippen molar-refractivity contribution in [1.82, 2.24) is 0 Å². The van der Waals surface area contributed by atoms with Gasteiger partial charge in [-0.15, -0.1) is 0 Å². The van der Waals surface area contributed by atoms with E-state index in [0.29, 0.717) is 0 Å². The van der Waals surface area contributed by atoms with Crippen LogP contribution >= 0.6 is 0 Å². The summed E-state index contributed by atoms with van der Waals surface area (Å²) in [6.45, 7) is 2.14. The molecule has 0 aliphatic heterocycles. The first-order chi connectivity index (χ1) is 6.92. The molecule has 0 aromatic heterocycles. The van der Waals surface area contributed by atoms with Gasteiger partial charge in [-0.05, 0) is 36.3 Å². The molecule has 1 aromatic carbocycles. The first-order valence-electron chi connectivity index (χ1n) is 5.80. The lowest BCUT2D eigenvalue weighted by Crippen LogP contribution is -2.06. The maximum Gasteiger partial charge on any atom is -0.0121 e. The topological polar surface area (TPSA) is 0 Å². The van der Waals surface area contributed by atoms with E-state index in [-0.39, 0.29) is 0 Å². The Morgan fingerprint density at radius 2 is 1.79 bits per heavy atom. The molecular formula is C14H19. The fourth-order valence-corrected chi connectivity index (χ4v) is 2.56. The van der Waals surface area contributed by atoms with Gasteiger partial charge in [-0.1, -0.05) is 50.5 Å². The molecule has 0 spiro atoms. The summed E-state index contributed by atoms with van der Waals surface area (Å²) in [6.07, 6.45) is 9.31. The van der Waals surface area contributed by atoms with Gasteiger partial charge < -0.3 is 0 Å². The average molecular weight is 187 g/mol. The van der Waals surface area contributed by atoms with E-state index in [4.69, 9.17) is 0 Å². The van der Waals surface area contributed by atoms with E-state index in [1.54, 1.807) is 5.56 Å². The Morgan fingerprint density at radius 3 is 2.50 bits per heavy atom. The average Bonchev–Trinajstić information content (AvgIpc) is 2.30. The highest BCUT2D eigenvalue weighted by Crippen LogP contribution is 2.34. The number of rotatable bonds is 2. The quantitative estimate of drug-likeness (QED) is 0.647. The molecule has 1 fully saturated rings. The summed E-state index contributed by atoms with van der Waals surface area (Å²) in [6, 6.07) is 8.87. The highest BCUT2D eigenvalue weighted by Gasteiger charge is 2.17. The fourth-order valence-electron chi connectivity index (χ4n) is 2.56. The lowest BCUT2D eigenvalue weighted by molar-refractivity contribution is 0.442. The molecule has 0 heterocycles. The van der Waals surface area contributed by atoms with Gasteiger partial charge in [-0.3, -0.25) is 0 Å². The summed E-state index contributed by atoms with van der Waals surface area (Å²) in [5.41, 5.74) is 3.02. The smallest absolute Gasteiger partial charge is 0.0121 e. The Hall–Kier alpha value is -0.780. The summed E-state index contributed by atoms with van der Waals surface area (Å²) in [4.78, 5) is 0. The summed E-state index contributed by atoms with van der Waals surface area (Å²) in [5, 5.41) is 0. The highest BCUT2D eigenvalue weighted by molar-refractivity contribution is 5.35. The molecule has 14 heavy (non-hydrogen) atoms. The molecule has 0 heteroatoms. The third kappa shape index (κ3) is 2.00. The molecule has 1 saturated carbocycles. The van der Waals surface area contributed by atoms with Crippen LogP contribution in [0.4, 0.5) is 0 Å². The predicted molar refractivity (Wildman–Crippen MR) is 61.3 cm³/mol. The van der Waals surface area contributed by atoms with Crippen LogP contribution in [0.15, 0.2) is 24.3 Å². The van der Waals surface area contributed by atoms with Crippen molar-refractivity contribution >= 4 is 0 Å². The van der Waals surface area contributed by atoms with Crippen LogP contribution in [-0.4, -0.2) is 0 Å². The molecule has 0 bridgehead atoms. The third-order valence-corrected chi connectivity index (χ3v) is 3.35. The van der Waals surface area contributed by atoms with Gasteiger partial charge >= 0.3 is 0 Å². The van der Waals surface area contributed by atoms with Gasteiger partial charge in [0, 0.05) is 0 Å². The number of hydrogen-bond acceptors (Lipinski definition) is 0. The van der Waals surface area contributed by atoms with Crippen molar-refractivity contribution in [3.63, 3.8) is 0 Å². The van der Waals surface area contributed by atoms with Gasteiger partial charge in [-0.2, -0.15) is 0 Å². The van der Waals surface area contributed by atoms with Crippen LogP contribution in [-0.2, 0) is 0 Å². The SMILES string of the molecule is C[CH]c1ccccc1C1CCCCC1. The minimum absolute atomic E-state index is 0.830. The Labute approximate surface area is 87.3 Å². The van der Waals surface area contributed by atoms with Crippen LogP contribution in [0.3, 0.4) is 0 Å². The molecule has 0 nitrogen and oxygen atoms in total. The van der Waals surface area contributed by atoms with Gasteiger partial charge in [0.1, 0.15) is 0 Å². The number of hydrogen-bond donors (Lipinski definition) is 0. The van der Waals surface area contributed by atoms with E-state index in [1.165, 1.54) is 37.7 Å². The summed E-state index contributed by atoms with van der Waals surface area (Å²) in [5.74, 6) is 0.830. The fraction of sp³-hybridized carbons (Fsp3) is 0.500. The first kappa shape index (κ1) is 9.76. The predicted octanol–water partition coefficient (Wildman–Crippen LogP) is 4.31. The number of benzene rings is 1. The summed E-state index contributed by atoms with van der Waals surface area (Å²) in [7, 11) is 0. The molecule has 0 saturated heterocycles. The van der Waals surface area contributed by atoms with E-state index in [2.05, 4.69) is 37.6 Å². The van der Waals surface area contributed by atoms with Gasteiger partial charge in [0.25, 0.3) is 0 Å². The van der Waals surface area contributed by atoms with Crippen molar-refractivity contribution in [1.29, 1.82) is 0 Å². The van der Waals surface area contributed by atoms with E-state index in [0.717, 1.165) is 5.92 Å². The maximum absolute atomic E-state index is 2.31. The molecule has 0 amide bonds. The van der Waals surface area contributed by atoms with Crippen molar-refractivity contribution < 1.29 is 0 Å². The van der Waals surface area contributed by atoms with Crippen molar-refractivity contribution in [2.45, 2.75) is 44.9 Å². The van der Waals surface area contributed by atoms with Crippen LogP contribution in [0, 0.1) is 6.42 Å². The second kappa shape index (κ2) is 4.63. The van der Waals surface area contributed by atoms with E-state index >= 15 is 0 Å². The van der Waals surface area contributed by atoms with Crippen molar-refractivity contribution in [3.8, 4) is 0 Å². The van der Waals surface area contributed by atoms with E-state index in [1.807, 2.05) is 0 Å². The van der Waals surface area contributed by atoms with E-state index in [9.17, 15) is 0 Å². The zero-order valence-corrected chi connectivity index (χ0v) is 9.00. The van der Waals surface area contributed by atoms with Crippen LogP contribution in [0.2, 0.25) is 0 Å². The van der Waals surface area contributed by atoms with Gasteiger partial charge in [-0.25, -0.2) is 0 Å². The Balaban J connectivity index is 2.20. The molecule has 1 aromatic rings. The zero-order valence-electron chi connectivity index (χ0n) is 9.00. The minimum atomic E-state index is 0.830. The summed E-state index contributed by atoms with van der Waals surface area (Å²) < 4.78 is 0.